The van der Waals surface area contributed by atoms with Gasteiger partial charge in [-0.25, -0.2) is 0 Å². The van der Waals surface area contributed by atoms with Gasteiger partial charge in [0.25, 0.3) is 0 Å². The van der Waals surface area contributed by atoms with Gasteiger partial charge in [-0.3, -0.25) is 9.59 Å². The van der Waals surface area contributed by atoms with Crippen molar-refractivity contribution >= 4 is 33.4 Å². The molecule has 356 valence electrons. The zero-order valence-electron chi connectivity index (χ0n) is 39.9. The number of carbonyl (C=O) groups is 2. The van der Waals surface area contributed by atoms with Crippen LogP contribution in [0.4, 0.5) is 0 Å². The minimum Gasteiger partial charge on any atom is -0.496 e. The van der Waals surface area contributed by atoms with Gasteiger partial charge in [0.15, 0.2) is 0 Å². The number of rotatable bonds is 16. The Bertz CT molecular complexity index is 2890. The van der Waals surface area contributed by atoms with Crippen molar-refractivity contribution < 1.29 is 38.7 Å². The van der Waals surface area contributed by atoms with E-state index in [4.69, 9.17) is 24.7 Å². The lowest BCUT2D eigenvalue weighted by molar-refractivity contribution is -0.170. The zero-order chi connectivity index (χ0) is 49.0. The van der Waals surface area contributed by atoms with Gasteiger partial charge in [0.1, 0.15) is 39.6 Å². The van der Waals surface area contributed by atoms with Crippen molar-refractivity contribution in [2.75, 3.05) is 28.4 Å². The second-order valence-corrected chi connectivity index (χ2v) is 18.0. The summed E-state index contributed by atoms with van der Waals surface area (Å²) in [6.07, 6.45) is 2.11. The number of carbonyl (C=O) groups excluding carboxylic acids is 2. The van der Waals surface area contributed by atoms with Crippen molar-refractivity contribution in [1.29, 1.82) is 0 Å². The first-order chi connectivity index (χ1) is 34.1. The summed E-state index contributed by atoms with van der Waals surface area (Å²) in [5.74, 6) is -0.247. The molecule has 9 rings (SSSR count). The molecule has 2 atom stereocenters. The van der Waals surface area contributed by atoms with Crippen LogP contribution in [0.25, 0.3) is 21.5 Å². The number of amides is 2. The van der Waals surface area contributed by atoms with E-state index < -0.39 is 40.5 Å². The molecule has 0 unspecified atom stereocenters. The molecule has 0 aliphatic heterocycles. The number of nitrogens with zero attached hydrogens (tertiary/aromatic N) is 1. The number of fused-ring (bicyclic) bond motifs is 2. The van der Waals surface area contributed by atoms with E-state index in [0.29, 0.717) is 57.7 Å². The Balaban J connectivity index is 1.59. The second-order valence-electron chi connectivity index (χ2n) is 18.0. The fourth-order valence-electron chi connectivity index (χ4n) is 11.2. The SMILES string of the molecule is COc1ccccc1C(O)(c1ccccc1OC)[C@H](c1cccc2ccccc12)N(C(=O)C1(C(N)=O)CCCCC1)[C@@H](c1cccc2ccccc12)C(O)(c1ccccc1OC)c1ccccc1OC. The monoisotopic (exact) mass is 934 g/mol. The van der Waals surface area contributed by atoms with Gasteiger partial charge in [-0.1, -0.05) is 177 Å². The number of primary amides is 1. The standard InChI is InChI=1S/C60H58N2O8/c1-67-50-34-14-10-30-46(50)59(65,47-31-11-15-35-51(47)68-2)54(44-28-20-24-40-22-6-8-26-42(40)44)62(57(64)58(56(61)63)38-18-5-19-39-58)55(45-29-21-25-41-23-7-9-27-43(41)45)60(66,48-32-12-16-36-52(48)69-3)49-33-13-17-37-53(49)70-4/h6-17,20-37,54-55,65-66H,5,18-19,38-39H2,1-4H3,(H2,61,63)/t54-,55-/m0/s1. The smallest absolute Gasteiger partial charge is 0.239 e. The molecule has 8 aromatic rings. The van der Waals surface area contributed by atoms with Crippen LogP contribution in [0.5, 0.6) is 23.0 Å². The lowest BCUT2D eigenvalue weighted by Gasteiger charge is -2.54. The molecule has 0 bridgehead atoms. The first kappa shape index (κ1) is 47.4. The first-order valence-corrected chi connectivity index (χ1v) is 23.6. The fraction of sp³-hybridized carbons (Fsp3) is 0.233. The van der Waals surface area contributed by atoms with Gasteiger partial charge in [0.05, 0.1) is 40.5 Å². The second kappa shape index (κ2) is 19.7. The zero-order valence-corrected chi connectivity index (χ0v) is 39.9. The van der Waals surface area contributed by atoms with Gasteiger partial charge in [-0.15, -0.1) is 0 Å². The predicted octanol–water partition coefficient (Wildman–Crippen LogP) is 10.9. The summed E-state index contributed by atoms with van der Waals surface area (Å²) in [4.78, 5) is 33.8. The van der Waals surface area contributed by atoms with Crippen LogP contribution >= 0.6 is 0 Å². The highest BCUT2D eigenvalue weighted by Crippen LogP contribution is 2.60. The molecule has 4 N–H and O–H groups in total. The molecule has 1 fully saturated rings. The van der Waals surface area contributed by atoms with Crippen LogP contribution in [-0.2, 0) is 20.8 Å². The summed E-state index contributed by atoms with van der Waals surface area (Å²) in [7, 11) is 6.12. The third kappa shape index (κ3) is 7.87. The highest BCUT2D eigenvalue weighted by Gasteiger charge is 2.61. The maximum Gasteiger partial charge on any atom is 0.239 e. The van der Waals surface area contributed by atoms with Gasteiger partial charge in [-0.05, 0) is 69.8 Å². The molecule has 0 radical (unpaired) electrons. The van der Waals surface area contributed by atoms with E-state index in [9.17, 15) is 4.79 Å². The van der Waals surface area contributed by atoms with Gasteiger partial charge in [-0.2, -0.15) is 0 Å². The Morgan fingerprint density at radius 1 is 0.471 bits per heavy atom. The van der Waals surface area contributed by atoms with Crippen LogP contribution in [0.3, 0.4) is 0 Å². The molecular weight excluding hydrogens is 877 g/mol. The molecule has 1 aliphatic carbocycles. The lowest BCUT2D eigenvalue weighted by Crippen LogP contribution is -2.60. The van der Waals surface area contributed by atoms with Crippen molar-refractivity contribution in [2.24, 2.45) is 11.1 Å². The Morgan fingerprint density at radius 3 is 1.13 bits per heavy atom. The van der Waals surface area contributed by atoms with Crippen molar-refractivity contribution in [3.05, 3.63) is 215 Å². The fourth-order valence-corrected chi connectivity index (χ4v) is 11.2. The summed E-state index contributed by atoms with van der Waals surface area (Å²) in [5, 5.41) is 33.2. The maximum atomic E-state index is 17.5. The van der Waals surface area contributed by atoms with Crippen LogP contribution in [0, 0.1) is 5.41 Å². The number of nitrogens with two attached hydrogens (primary N) is 1. The number of aliphatic hydroxyl groups is 2. The van der Waals surface area contributed by atoms with E-state index in [-0.39, 0.29) is 35.1 Å². The van der Waals surface area contributed by atoms with E-state index in [1.807, 2.05) is 109 Å². The molecule has 10 heteroatoms. The molecule has 0 saturated heterocycles. The first-order valence-electron chi connectivity index (χ1n) is 23.6. The summed E-state index contributed by atoms with van der Waals surface area (Å²) in [6.45, 7) is 0. The van der Waals surface area contributed by atoms with E-state index in [2.05, 4.69) is 0 Å². The highest BCUT2D eigenvalue weighted by molar-refractivity contribution is 6.05. The third-order valence-electron chi connectivity index (χ3n) is 14.5. The Labute approximate surface area is 408 Å². The van der Waals surface area contributed by atoms with Crippen LogP contribution in [0.2, 0.25) is 0 Å². The Kier molecular flexibility index (Phi) is 13.4. The molecule has 0 heterocycles. The van der Waals surface area contributed by atoms with Crippen LogP contribution < -0.4 is 24.7 Å². The molecule has 2 amide bonds. The molecule has 1 saturated carbocycles. The number of hydrogen-bond donors (Lipinski definition) is 3. The Morgan fingerprint density at radius 2 is 0.786 bits per heavy atom. The average molecular weight is 935 g/mol. The van der Waals surface area contributed by atoms with Crippen LogP contribution in [-0.4, -0.2) is 55.4 Å². The van der Waals surface area contributed by atoms with Crippen molar-refractivity contribution in [3.63, 3.8) is 0 Å². The van der Waals surface area contributed by atoms with Crippen molar-refractivity contribution in [3.8, 4) is 23.0 Å². The van der Waals surface area contributed by atoms with E-state index in [1.165, 1.54) is 28.4 Å². The van der Waals surface area contributed by atoms with E-state index in [0.717, 1.165) is 17.2 Å². The molecule has 0 spiro atoms. The van der Waals surface area contributed by atoms with E-state index >= 15 is 15.0 Å². The number of methoxy groups -OCH3 is 4. The summed E-state index contributed by atoms with van der Waals surface area (Å²) < 4.78 is 24.7. The summed E-state index contributed by atoms with van der Waals surface area (Å²) in [5.41, 5.74) is 2.29. The topological polar surface area (TPSA) is 141 Å². The predicted molar refractivity (Wildman–Crippen MR) is 273 cm³/mol. The molecule has 70 heavy (non-hydrogen) atoms. The molecule has 10 nitrogen and oxygen atoms in total. The number of para-hydroxylation sites is 4. The molecule has 8 aromatic carbocycles. The number of benzene rings is 8. The van der Waals surface area contributed by atoms with Crippen molar-refractivity contribution in [1.82, 2.24) is 4.90 Å². The van der Waals surface area contributed by atoms with E-state index in [1.54, 1.807) is 77.7 Å². The van der Waals surface area contributed by atoms with Gasteiger partial charge < -0.3 is 39.8 Å². The highest BCUT2D eigenvalue weighted by atomic mass is 16.5. The normalized spacial score (nSPS) is 14.6. The summed E-state index contributed by atoms with van der Waals surface area (Å²) in [6, 6.07) is 52.6. The largest absolute Gasteiger partial charge is 0.496 e. The molecule has 0 aromatic heterocycles. The molecule has 1 aliphatic rings. The van der Waals surface area contributed by atoms with Crippen LogP contribution in [0.1, 0.15) is 77.6 Å². The minimum atomic E-state index is -2.34. The minimum absolute atomic E-state index is 0.131. The molecular formula is C60H58N2O8. The summed E-state index contributed by atoms with van der Waals surface area (Å²) >= 11 is 0. The third-order valence-corrected chi connectivity index (χ3v) is 14.5. The average Bonchev–Trinajstić information content (AvgIpc) is 3.42. The number of ether oxygens (including phenoxy) is 4. The number of hydrogen-bond acceptors (Lipinski definition) is 8. The maximum absolute atomic E-state index is 17.5. The lowest BCUT2D eigenvalue weighted by atomic mass is 9.67. The van der Waals surface area contributed by atoms with Crippen LogP contribution in [0.15, 0.2) is 182 Å². The van der Waals surface area contributed by atoms with Gasteiger partial charge >= 0.3 is 0 Å². The Hall–Kier alpha value is -7.66. The van der Waals surface area contributed by atoms with Gasteiger partial charge in [0, 0.05) is 22.3 Å². The van der Waals surface area contributed by atoms with Gasteiger partial charge in [0.2, 0.25) is 11.8 Å². The van der Waals surface area contributed by atoms with Crippen molar-refractivity contribution in [2.45, 2.75) is 55.4 Å². The quantitative estimate of drug-likeness (QED) is 0.0814.